The van der Waals surface area contributed by atoms with Gasteiger partial charge in [0.25, 0.3) is 0 Å². The van der Waals surface area contributed by atoms with Crippen molar-refractivity contribution in [2.45, 2.75) is 45.9 Å². The predicted octanol–water partition coefficient (Wildman–Crippen LogP) is 5.67. The molecular weight excluding hydrogens is 239 g/mol. The van der Waals surface area contributed by atoms with Crippen LogP contribution in [0, 0.1) is 19.8 Å². The first-order valence-corrected chi connectivity index (χ1v) is 6.64. The zero-order valence-corrected chi connectivity index (χ0v) is 12.0. The van der Waals surface area contributed by atoms with E-state index >= 15 is 0 Å². The highest BCUT2D eigenvalue weighted by molar-refractivity contribution is 6.32. The normalized spacial score (nSPS) is 13.2. The second-order valence-corrected chi connectivity index (χ2v) is 5.83. The van der Waals surface area contributed by atoms with Gasteiger partial charge in [-0.2, -0.15) is 0 Å². The molecule has 0 bridgehead atoms. The molecule has 0 aliphatic carbocycles. The van der Waals surface area contributed by atoms with Crippen LogP contribution in [-0.2, 0) is 0 Å². The zero-order chi connectivity index (χ0) is 12.3. The molecule has 0 aliphatic rings. The van der Waals surface area contributed by atoms with Crippen molar-refractivity contribution in [3.8, 4) is 0 Å². The van der Waals surface area contributed by atoms with Crippen molar-refractivity contribution in [1.29, 1.82) is 0 Å². The summed E-state index contributed by atoms with van der Waals surface area (Å²) in [6.45, 7) is 8.60. The zero-order valence-electron chi connectivity index (χ0n) is 10.5. The molecule has 2 heteroatoms. The van der Waals surface area contributed by atoms with Crippen molar-refractivity contribution in [3.05, 3.63) is 33.8 Å². The minimum Gasteiger partial charge on any atom is -0.118 e. The number of rotatable bonds is 4. The number of benzene rings is 1. The van der Waals surface area contributed by atoms with Gasteiger partial charge in [0.2, 0.25) is 0 Å². The molecule has 1 rings (SSSR count). The van der Waals surface area contributed by atoms with Gasteiger partial charge in [-0.15, -0.1) is 11.6 Å². The van der Waals surface area contributed by atoms with E-state index in [1.165, 1.54) is 11.1 Å². The highest BCUT2D eigenvalue weighted by atomic mass is 35.5. The molecule has 0 radical (unpaired) electrons. The molecule has 0 saturated carbocycles. The average Bonchev–Trinajstić information content (AvgIpc) is 2.20. The molecule has 16 heavy (non-hydrogen) atoms. The summed E-state index contributed by atoms with van der Waals surface area (Å²) in [5.74, 6) is 0.687. The van der Waals surface area contributed by atoms with Crippen LogP contribution in [0.1, 0.15) is 48.8 Å². The topological polar surface area (TPSA) is 0 Å². The fraction of sp³-hybridized carbons (Fsp3) is 0.571. The van der Waals surface area contributed by atoms with E-state index in [9.17, 15) is 0 Å². The molecular formula is C14H20Cl2. The smallest absolute Gasteiger partial charge is 0.0600 e. The number of hydrogen-bond acceptors (Lipinski definition) is 0. The first kappa shape index (κ1) is 13.9. The van der Waals surface area contributed by atoms with Gasteiger partial charge in [0.15, 0.2) is 0 Å². The first-order chi connectivity index (χ1) is 7.41. The molecule has 1 aromatic rings. The monoisotopic (exact) mass is 258 g/mol. The third kappa shape index (κ3) is 3.68. The van der Waals surface area contributed by atoms with E-state index < -0.39 is 0 Å². The van der Waals surface area contributed by atoms with Crippen LogP contribution in [0.3, 0.4) is 0 Å². The molecule has 90 valence electrons. The van der Waals surface area contributed by atoms with Crippen molar-refractivity contribution in [1.82, 2.24) is 0 Å². The lowest BCUT2D eigenvalue weighted by Crippen LogP contribution is -1.97. The third-order valence-corrected chi connectivity index (χ3v) is 3.73. The first-order valence-electron chi connectivity index (χ1n) is 5.82. The van der Waals surface area contributed by atoms with Gasteiger partial charge in [-0.05, 0) is 55.4 Å². The van der Waals surface area contributed by atoms with Crippen molar-refractivity contribution >= 4 is 23.2 Å². The van der Waals surface area contributed by atoms with Gasteiger partial charge in [0.1, 0.15) is 0 Å². The summed E-state index contributed by atoms with van der Waals surface area (Å²) in [6, 6.07) is 4.13. The van der Waals surface area contributed by atoms with E-state index in [1.54, 1.807) is 0 Å². The molecule has 0 aromatic heterocycles. The fourth-order valence-electron chi connectivity index (χ4n) is 1.68. The van der Waals surface area contributed by atoms with Crippen molar-refractivity contribution in [2.75, 3.05) is 0 Å². The largest absolute Gasteiger partial charge is 0.118 e. The summed E-state index contributed by atoms with van der Waals surface area (Å²) in [5.41, 5.74) is 3.56. The molecule has 1 unspecified atom stereocenters. The Bertz CT molecular complexity index is 356. The van der Waals surface area contributed by atoms with E-state index in [-0.39, 0.29) is 5.38 Å². The lowest BCUT2D eigenvalue weighted by molar-refractivity contribution is 0.549. The summed E-state index contributed by atoms with van der Waals surface area (Å²) in [5, 5.41) is 0.834. The molecule has 0 amide bonds. The van der Waals surface area contributed by atoms with Gasteiger partial charge >= 0.3 is 0 Å². The van der Waals surface area contributed by atoms with Crippen LogP contribution in [0.5, 0.6) is 0 Å². The highest BCUT2D eigenvalue weighted by Gasteiger charge is 2.13. The minimum atomic E-state index is 0.0363. The van der Waals surface area contributed by atoms with E-state index in [4.69, 9.17) is 23.2 Å². The van der Waals surface area contributed by atoms with Crippen molar-refractivity contribution < 1.29 is 0 Å². The molecule has 0 saturated heterocycles. The van der Waals surface area contributed by atoms with Gasteiger partial charge < -0.3 is 0 Å². The van der Waals surface area contributed by atoms with Gasteiger partial charge in [0.05, 0.1) is 5.38 Å². The van der Waals surface area contributed by atoms with E-state index in [0.29, 0.717) is 5.92 Å². The summed E-state index contributed by atoms with van der Waals surface area (Å²) in [6.07, 6.45) is 2.12. The van der Waals surface area contributed by atoms with Crippen LogP contribution >= 0.6 is 23.2 Å². The average molecular weight is 259 g/mol. The lowest BCUT2D eigenvalue weighted by atomic mass is 9.99. The second kappa shape index (κ2) is 5.93. The number of halogens is 2. The SMILES string of the molecule is Cc1cc(Cl)c(C(Cl)CCC(C)C)cc1C. The van der Waals surface area contributed by atoms with Crippen LogP contribution in [-0.4, -0.2) is 0 Å². The van der Waals surface area contributed by atoms with E-state index in [0.717, 1.165) is 23.4 Å². The molecule has 0 spiro atoms. The Morgan fingerprint density at radius 3 is 2.19 bits per heavy atom. The van der Waals surface area contributed by atoms with E-state index in [1.807, 2.05) is 6.07 Å². The molecule has 0 aliphatic heterocycles. The quantitative estimate of drug-likeness (QED) is 0.611. The summed E-state index contributed by atoms with van der Waals surface area (Å²) in [7, 11) is 0. The van der Waals surface area contributed by atoms with Crippen LogP contribution in [0.15, 0.2) is 12.1 Å². The Kier molecular flexibility index (Phi) is 5.14. The second-order valence-electron chi connectivity index (χ2n) is 4.90. The maximum absolute atomic E-state index is 6.40. The molecule has 1 aromatic carbocycles. The number of alkyl halides is 1. The Balaban J connectivity index is 2.82. The predicted molar refractivity (Wildman–Crippen MR) is 73.6 cm³/mol. The summed E-state index contributed by atoms with van der Waals surface area (Å²) in [4.78, 5) is 0. The van der Waals surface area contributed by atoms with Gasteiger partial charge in [-0.25, -0.2) is 0 Å². The van der Waals surface area contributed by atoms with Crippen LogP contribution in [0.2, 0.25) is 5.02 Å². The molecule has 0 fully saturated rings. The number of hydrogen-bond donors (Lipinski definition) is 0. The van der Waals surface area contributed by atoms with Crippen molar-refractivity contribution in [2.24, 2.45) is 5.92 Å². The van der Waals surface area contributed by atoms with Crippen LogP contribution in [0.25, 0.3) is 0 Å². The summed E-state index contributed by atoms with van der Waals surface area (Å²) >= 11 is 12.6. The summed E-state index contributed by atoms with van der Waals surface area (Å²) < 4.78 is 0. The van der Waals surface area contributed by atoms with Crippen LogP contribution < -0.4 is 0 Å². The molecule has 1 atom stereocenters. The Hall–Kier alpha value is -0.200. The maximum atomic E-state index is 6.40. The molecule has 0 N–H and O–H groups in total. The highest BCUT2D eigenvalue weighted by Crippen LogP contribution is 2.34. The molecule has 0 heterocycles. The van der Waals surface area contributed by atoms with Gasteiger partial charge in [-0.3, -0.25) is 0 Å². The van der Waals surface area contributed by atoms with Crippen molar-refractivity contribution in [3.63, 3.8) is 0 Å². The van der Waals surface area contributed by atoms with Gasteiger partial charge in [-0.1, -0.05) is 31.5 Å². The standard InChI is InChI=1S/C14H20Cl2/c1-9(2)5-6-13(15)12-7-10(3)11(4)8-14(12)16/h7-9,13H,5-6H2,1-4H3. The third-order valence-electron chi connectivity index (χ3n) is 2.95. The Morgan fingerprint density at radius 1 is 1.06 bits per heavy atom. The Morgan fingerprint density at radius 2 is 1.62 bits per heavy atom. The molecule has 0 nitrogen and oxygen atoms in total. The number of aryl methyl sites for hydroxylation is 2. The minimum absolute atomic E-state index is 0.0363. The van der Waals surface area contributed by atoms with E-state index in [2.05, 4.69) is 33.8 Å². The maximum Gasteiger partial charge on any atom is 0.0600 e. The van der Waals surface area contributed by atoms with Gasteiger partial charge in [0, 0.05) is 5.02 Å². The Labute approximate surface area is 109 Å². The van der Waals surface area contributed by atoms with Crippen LogP contribution in [0.4, 0.5) is 0 Å². The fourth-order valence-corrected chi connectivity index (χ4v) is 2.39. The lowest BCUT2D eigenvalue weighted by Gasteiger charge is -2.15.